The summed E-state index contributed by atoms with van der Waals surface area (Å²) in [5.74, 6) is -0.395. The monoisotopic (exact) mass is 368 g/mol. The minimum absolute atomic E-state index is 0.245. The zero-order valence-electron chi connectivity index (χ0n) is 11.9. The van der Waals surface area contributed by atoms with Gasteiger partial charge in [0, 0.05) is 27.7 Å². The summed E-state index contributed by atoms with van der Waals surface area (Å²) in [6.07, 6.45) is 0.701. The molecule has 0 unspecified atom stereocenters. The highest BCUT2D eigenvalue weighted by Crippen LogP contribution is 2.27. The van der Waals surface area contributed by atoms with Crippen LogP contribution in [0.25, 0.3) is 10.9 Å². The van der Waals surface area contributed by atoms with Crippen molar-refractivity contribution in [3.63, 3.8) is 0 Å². The third kappa shape index (κ3) is 3.69. The molecule has 6 heteroatoms. The van der Waals surface area contributed by atoms with E-state index in [2.05, 4.69) is 10.3 Å². The van der Waals surface area contributed by atoms with E-state index in [4.69, 9.17) is 34.8 Å². The summed E-state index contributed by atoms with van der Waals surface area (Å²) >= 11 is 18.0. The van der Waals surface area contributed by atoms with Gasteiger partial charge < -0.3 is 5.32 Å². The molecule has 0 radical (unpaired) electrons. The Labute approximate surface area is 148 Å². The molecule has 0 spiro atoms. The summed E-state index contributed by atoms with van der Waals surface area (Å²) in [7, 11) is 0. The Kier molecular flexibility index (Phi) is 4.90. The molecule has 0 saturated heterocycles. The predicted molar refractivity (Wildman–Crippen MR) is 95.4 cm³/mol. The number of aromatic nitrogens is 1. The van der Waals surface area contributed by atoms with Gasteiger partial charge in [0.25, 0.3) is 0 Å². The van der Waals surface area contributed by atoms with Crippen molar-refractivity contribution in [2.75, 3.05) is 11.9 Å². The third-order valence-corrected chi connectivity index (χ3v) is 4.26. The Balaban J connectivity index is 1.81. The van der Waals surface area contributed by atoms with Crippen molar-refractivity contribution in [2.45, 2.75) is 6.42 Å². The lowest BCUT2D eigenvalue weighted by molar-refractivity contribution is 0.637. The molecule has 2 nitrogen and oxygen atoms in total. The SMILES string of the molecule is Fc1cccc2c(NCCc3ccc(Cl)cc3Cl)cc(Cl)nc12. The first-order valence-corrected chi connectivity index (χ1v) is 8.10. The summed E-state index contributed by atoms with van der Waals surface area (Å²) in [6.45, 7) is 0.618. The number of nitrogens with one attached hydrogen (secondary N) is 1. The first-order chi connectivity index (χ1) is 11.0. The van der Waals surface area contributed by atoms with Gasteiger partial charge >= 0.3 is 0 Å². The van der Waals surface area contributed by atoms with Gasteiger partial charge in [0.15, 0.2) is 0 Å². The average Bonchev–Trinajstić information content (AvgIpc) is 2.50. The summed E-state index contributed by atoms with van der Waals surface area (Å²) in [6, 6.07) is 11.9. The van der Waals surface area contributed by atoms with Gasteiger partial charge in [0.1, 0.15) is 16.5 Å². The quantitative estimate of drug-likeness (QED) is 0.571. The van der Waals surface area contributed by atoms with Gasteiger partial charge in [-0.15, -0.1) is 0 Å². The van der Waals surface area contributed by atoms with Crippen LogP contribution < -0.4 is 5.32 Å². The number of para-hydroxylation sites is 1. The molecule has 3 aromatic rings. The van der Waals surface area contributed by atoms with E-state index in [1.165, 1.54) is 6.07 Å². The fourth-order valence-electron chi connectivity index (χ4n) is 2.38. The number of nitrogens with zero attached hydrogens (tertiary/aromatic N) is 1. The van der Waals surface area contributed by atoms with Gasteiger partial charge in [-0.2, -0.15) is 0 Å². The Morgan fingerprint density at radius 3 is 2.65 bits per heavy atom. The molecule has 1 aromatic heterocycles. The molecule has 0 aliphatic heterocycles. The van der Waals surface area contributed by atoms with Crippen molar-refractivity contribution >= 4 is 51.4 Å². The highest BCUT2D eigenvalue weighted by molar-refractivity contribution is 6.35. The third-order valence-electron chi connectivity index (χ3n) is 3.48. The fourth-order valence-corrected chi connectivity index (χ4v) is 3.08. The summed E-state index contributed by atoms with van der Waals surface area (Å²) in [5, 5.41) is 5.43. The van der Waals surface area contributed by atoms with E-state index in [1.54, 1.807) is 30.3 Å². The molecule has 0 aliphatic carbocycles. The molecule has 118 valence electrons. The smallest absolute Gasteiger partial charge is 0.149 e. The lowest BCUT2D eigenvalue weighted by Crippen LogP contribution is -2.06. The molecule has 0 fully saturated rings. The maximum Gasteiger partial charge on any atom is 0.149 e. The van der Waals surface area contributed by atoms with Crippen LogP contribution in [0.2, 0.25) is 15.2 Å². The number of halogens is 4. The maximum absolute atomic E-state index is 13.8. The molecular weight excluding hydrogens is 358 g/mol. The molecule has 1 N–H and O–H groups in total. The maximum atomic E-state index is 13.8. The van der Waals surface area contributed by atoms with Crippen molar-refractivity contribution in [2.24, 2.45) is 0 Å². The Hall–Kier alpha value is -1.55. The highest BCUT2D eigenvalue weighted by atomic mass is 35.5. The minimum Gasteiger partial charge on any atom is -0.384 e. The van der Waals surface area contributed by atoms with E-state index in [1.807, 2.05) is 6.07 Å². The molecule has 0 amide bonds. The van der Waals surface area contributed by atoms with E-state index in [0.717, 1.165) is 11.3 Å². The van der Waals surface area contributed by atoms with Gasteiger partial charge in [-0.1, -0.05) is 53.0 Å². The van der Waals surface area contributed by atoms with Gasteiger partial charge in [0.05, 0.1) is 0 Å². The van der Waals surface area contributed by atoms with Crippen LogP contribution >= 0.6 is 34.8 Å². The lowest BCUT2D eigenvalue weighted by atomic mass is 10.1. The van der Waals surface area contributed by atoms with Crippen molar-refractivity contribution in [1.29, 1.82) is 0 Å². The van der Waals surface area contributed by atoms with Crippen LogP contribution in [0, 0.1) is 5.82 Å². The average molecular weight is 370 g/mol. The zero-order chi connectivity index (χ0) is 16.4. The number of anilines is 1. The second kappa shape index (κ2) is 6.91. The van der Waals surface area contributed by atoms with Crippen LogP contribution in [-0.4, -0.2) is 11.5 Å². The topological polar surface area (TPSA) is 24.9 Å². The molecule has 23 heavy (non-hydrogen) atoms. The van der Waals surface area contributed by atoms with E-state index in [0.29, 0.717) is 28.4 Å². The minimum atomic E-state index is -0.395. The van der Waals surface area contributed by atoms with Crippen LogP contribution in [0.4, 0.5) is 10.1 Å². The molecule has 0 atom stereocenters. The number of rotatable bonds is 4. The summed E-state index contributed by atoms with van der Waals surface area (Å²) in [4.78, 5) is 4.04. The van der Waals surface area contributed by atoms with Gasteiger partial charge in [-0.25, -0.2) is 9.37 Å². The predicted octanol–water partition coefficient (Wildman–Crippen LogP) is 5.99. The molecule has 0 bridgehead atoms. The van der Waals surface area contributed by atoms with Crippen molar-refractivity contribution in [3.05, 3.63) is 69.0 Å². The number of hydrogen-bond acceptors (Lipinski definition) is 2. The standard InChI is InChI=1S/C17H12Cl3FN2/c18-11-5-4-10(13(19)8-11)6-7-22-15-9-16(20)23-17-12(15)2-1-3-14(17)21/h1-5,8-9H,6-7H2,(H,22,23). The first-order valence-electron chi connectivity index (χ1n) is 6.97. The van der Waals surface area contributed by atoms with E-state index in [9.17, 15) is 4.39 Å². The number of fused-ring (bicyclic) bond motifs is 1. The molecule has 2 aromatic carbocycles. The Morgan fingerprint density at radius 2 is 1.87 bits per heavy atom. The number of benzene rings is 2. The van der Waals surface area contributed by atoms with Crippen molar-refractivity contribution < 1.29 is 4.39 Å². The van der Waals surface area contributed by atoms with Crippen molar-refractivity contribution in [1.82, 2.24) is 4.98 Å². The molecule has 3 rings (SSSR count). The Morgan fingerprint density at radius 1 is 1.04 bits per heavy atom. The van der Waals surface area contributed by atoms with Crippen molar-refractivity contribution in [3.8, 4) is 0 Å². The lowest BCUT2D eigenvalue weighted by Gasteiger charge is -2.11. The summed E-state index contributed by atoms with van der Waals surface area (Å²) in [5.41, 5.74) is 1.98. The van der Waals surface area contributed by atoms with Crippen LogP contribution in [0.5, 0.6) is 0 Å². The molecular formula is C17H12Cl3FN2. The normalized spacial score (nSPS) is 11.0. The van der Waals surface area contributed by atoms with Crippen LogP contribution in [0.3, 0.4) is 0 Å². The fraction of sp³-hybridized carbons (Fsp3) is 0.118. The molecule has 0 aliphatic rings. The number of pyridine rings is 1. The van der Waals surface area contributed by atoms with Crippen LogP contribution in [-0.2, 0) is 6.42 Å². The second-order valence-corrected chi connectivity index (χ2v) is 6.27. The van der Waals surface area contributed by atoms with Gasteiger partial charge in [-0.3, -0.25) is 0 Å². The van der Waals surface area contributed by atoms with Crippen LogP contribution in [0.15, 0.2) is 42.5 Å². The van der Waals surface area contributed by atoms with E-state index >= 15 is 0 Å². The van der Waals surface area contributed by atoms with E-state index < -0.39 is 5.82 Å². The first kappa shape index (κ1) is 16.3. The second-order valence-electron chi connectivity index (χ2n) is 5.04. The van der Waals surface area contributed by atoms with Crippen LogP contribution in [0.1, 0.15) is 5.56 Å². The largest absolute Gasteiger partial charge is 0.384 e. The van der Waals surface area contributed by atoms with Gasteiger partial charge in [0.2, 0.25) is 0 Å². The Bertz CT molecular complexity index is 868. The highest BCUT2D eigenvalue weighted by Gasteiger charge is 2.09. The number of hydrogen-bond donors (Lipinski definition) is 1. The molecule has 0 saturated carbocycles. The summed E-state index contributed by atoms with van der Waals surface area (Å²) < 4.78 is 13.8. The zero-order valence-corrected chi connectivity index (χ0v) is 14.2. The van der Waals surface area contributed by atoms with Gasteiger partial charge in [-0.05, 0) is 36.2 Å². The molecule has 1 heterocycles. The van der Waals surface area contributed by atoms with E-state index in [-0.39, 0.29) is 10.7 Å².